The molecule has 2 heterocycles. The summed E-state index contributed by atoms with van der Waals surface area (Å²) in [7, 11) is 1.86. The fourth-order valence-corrected chi connectivity index (χ4v) is 1.03. The summed E-state index contributed by atoms with van der Waals surface area (Å²) >= 11 is 0. The first-order valence-corrected chi connectivity index (χ1v) is 3.30. The average molecular weight is 148 g/mol. The number of fused-ring (bicyclic) bond motifs is 1. The van der Waals surface area contributed by atoms with Crippen LogP contribution in [-0.2, 0) is 7.05 Å². The molecule has 4 nitrogen and oxygen atoms in total. The van der Waals surface area contributed by atoms with E-state index in [1.165, 1.54) is 0 Å². The SMILES string of the molecule is Cn1cc2ncc(N)cc2n1. The van der Waals surface area contributed by atoms with Crippen LogP contribution < -0.4 is 5.73 Å². The second-order valence-electron chi connectivity index (χ2n) is 2.48. The molecule has 2 rings (SSSR count). The highest BCUT2D eigenvalue weighted by Crippen LogP contribution is 2.10. The molecule has 0 aliphatic rings. The predicted molar refractivity (Wildman–Crippen MR) is 42.9 cm³/mol. The quantitative estimate of drug-likeness (QED) is 0.593. The Hall–Kier alpha value is -1.58. The molecule has 56 valence electrons. The molecular weight excluding hydrogens is 140 g/mol. The standard InChI is InChI=1S/C7H8N4/c1-11-4-7-6(10-11)2-5(8)3-9-7/h2-4H,8H2,1H3. The third-order valence-electron chi connectivity index (χ3n) is 1.49. The average Bonchev–Trinajstić information content (AvgIpc) is 2.27. The van der Waals surface area contributed by atoms with Crippen LogP contribution in [-0.4, -0.2) is 14.8 Å². The molecule has 0 aromatic carbocycles. The topological polar surface area (TPSA) is 56.7 Å². The molecule has 2 aromatic rings. The lowest BCUT2D eigenvalue weighted by Crippen LogP contribution is -1.86. The van der Waals surface area contributed by atoms with Crippen molar-refractivity contribution in [2.75, 3.05) is 5.73 Å². The molecule has 0 fully saturated rings. The maximum Gasteiger partial charge on any atom is 0.113 e. The molecule has 0 aliphatic carbocycles. The first-order valence-electron chi connectivity index (χ1n) is 3.30. The highest BCUT2D eigenvalue weighted by Gasteiger charge is 1.97. The minimum absolute atomic E-state index is 0.649. The van der Waals surface area contributed by atoms with Gasteiger partial charge in [-0.15, -0.1) is 0 Å². The van der Waals surface area contributed by atoms with Gasteiger partial charge in [-0.05, 0) is 6.07 Å². The van der Waals surface area contributed by atoms with Crippen molar-refractivity contribution in [1.29, 1.82) is 0 Å². The van der Waals surface area contributed by atoms with Gasteiger partial charge in [0.05, 0.1) is 18.1 Å². The summed E-state index contributed by atoms with van der Waals surface area (Å²) in [6.45, 7) is 0. The van der Waals surface area contributed by atoms with E-state index < -0.39 is 0 Å². The third kappa shape index (κ3) is 0.920. The van der Waals surface area contributed by atoms with Crippen molar-refractivity contribution < 1.29 is 0 Å². The number of nitrogens with zero attached hydrogens (tertiary/aromatic N) is 3. The predicted octanol–water partition coefficient (Wildman–Crippen LogP) is 0.550. The van der Waals surface area contributed by atoms with Gasteiger partial charge in [-0.3, -0.25) is 9.67 Å². The van der Waals surface area contributed by atoms with Crippen LogP contribution in [0.2, 0.25) is 0 Å². The summed E-state index contributed by atoms with van der Waals surface area (Å²) in [5.74, 6) is 0. The van der Waals surface area contributed by atoms with Crippen LogP contribution in [0.15, 0.2) is 18.5 Å². The van der Waals surface area contributed by atoms with Gasteiger partial charge in [0.2, 0.25) is 0 Å². The van der Waals surface area contributed by atoms with Gasteiger partial charge in [0.25, 0.3) is 0 Å². The van der Waals surface area contributed by atoms with Crippen molar-refractivity contribution >= 4 is 16.7 Å². The first-order chi connectivity index (χ1) is 5.25. The molecule has 4 heteroatoms. The maximum atomic E-state index is 5.52. The van der Waals surface area contributed by atoms with Gasteiger partial charge < -0.3 is 5.73 Å². The number of hydrogen-bond donors (Lipinski definition) is 1. The van der Waals surface area contributed by atoms with Crippen molar-refractivity contribution in [3.05, 3.63) is 18.5 Å². The zero-order valence-electron chi connectivity index (χ0n) is 6.15. The van der Waals surface area contributed by atoms with E-state index in [1.54, 1.807) is 10.9 Å². The Kier molecular flexibility index (Phi) is 1.09. The van der Waals surface area contributed by atoms with Crippen LogP contribution in [0, 0.1) is 0 Å². The van der Waals surface area contributed by atoms with Gasteiger partial charge in [0.1, 0.15) is 11.0 Å². The summed E-state index contributed by atoms with van der Waals surface area (Å²) in [4.78, 5) is 4.09. The molecule has 11 heavy (non-hydrogen) atoms. The molecule has 0 saturated heterocycles. The zero-order chi connectivity index (χ0) is 7.84. The summed E-state index contributed by atoms with van der Waals surface area (Å²) in [6, 6.07) is 1.81. The number of nitrogen functional groups attached to an aromatic ring is 1. The number of rotatable bonds is 0. The van der Waals surface area contributed by atoms with Gasteiger partial charge in [-0.1, -0.05) is 0 Å². The molecule has 0 amide bonds. The Bertz CT molecular complexity index is 390. The fourth-order valence-electron chi connectivity index (χ4n) is 1.03. The van der Waals surface area contributed by atoms with Gasteiger partial charge in [-0.25, -0.2) is 0 Å². The van der Waals surface area contributed by atoms with Gasteiger partial charge in [-0.2, -0.15) is 5.10 Å². The largest absolute Gasteiger partial charge is 0.397 e. The van der Waals surface area contributed by atoms with Crippen molar-refractivity contribution in [3.63, 3.8) is 0 Å². The van der Waals surface area contributed by atoms with Crippen LogP contribution in [0.25, 0.3) is 11.0 Å². The second kappa shape index (κ2) is 1.95. The number of aryl methyl sites for hydroxylation is 1. The monoisotopic (exact) mass is 148 g/mol. The smallest absolute Gasteiger partial charge is 0.113 e. The number of hydrogen-bond acceptors (Lipinski definition) is 3. The Balaban J connectivity index is 2.82. The third-order valence-corrected chi connectivity index (χ3v) is 1.49. The Labute approximate surface area is 63.6 Å². The molecule has 0 aliphatic heterocycles. The van der Waals surface area contributed by atoms with E-state index in [9.17, 15) is 0 Å². The summed E-state index contributed by atoms with van der Waals surface area (Å²) in [6.07, 6.45) is 3.48. The van der Waals surface area contributed by atoms with E-state index in [0.717, 1.165) is 11.0 Å². The minimum atomic E-state index is 0.649. The van der Waals surface area contributed by atoms with E-state index >= 15 is 0 Å². The van der Waals surface area contributed by atoms with Crippen LogP contribution in [0.5, 0.6) is 0 Å². The molecule has 0 bridgehead atoms. The Morgan fingerprint density at radius 2 is 2.27 bits per heavy atom. The second-order valence-corrected chi connectivity index (χ2v) is 2.48. The molecule has 0 unspecified atom stereocenters. The van der Waals surface area contributed by atoms with E-state index in [1.807, 2.05) is 19.3 Å². The van der Waals surface area contributed by atoms with Gasteiger partial charge >= 0.3 is 0 Å². The molecule has 0 radical (unpaired) electrons. The fraction of sp³-hybridized carbons (Fsp3) is 0.143. The van der Waals surface area contributed by atoms with Crippen molar-refractivity contribution in [1.82, 2.24) is 14.8 Å². The number of pyridine rings is 1. The lowest BCUT2D eigenvalue weighted by atomic mass is 10.4. The van der Waals surface area contributed by atoms with Crippen molar-refractivity contribution in [2.45, 2.75) is 0 Å². The number of nitrogens with two attached hydrogens (primary N) is 1. The van der Waals surface area contributed by atoms with E-state index in [0.29, 0.717) is 5.69 Å². The summed E-state index contributed by atoms with van der Waals surface area (Å²) in [5, 5.41) is 4.15. The van der Waals surface area contributed by atoms with Crippen LogP contribution in [0.1, 0.15) is 0 Å². The normalized spacial score (nSPS) is 10.6. The van der Waals surface area contributed by atoms with E-state index in [-0.39, 0.29) is 0 Å². The van der Waals surface area contributed by atoms with Crippen molar-refractivity contribution in [3.8, 4) is 0 Å². The van der Waals surface area contributed by atoms with Gasteiger partial charge in [0.15, 0.2) is 0 Å². The summed E-state index contributed by atoms with van der Waals surface area (Å²) in [5.41, 5.74) is 7.89. The Morgan fingerprint density at radius 1 is 1.45 bits per heavy atom. The van der Waals surface area contributed by atoms with Crippen LogP contribution in [0.3, 0.4) is 0 Å². The minimum Gasteiger partial charge on any atom is -0.397 e. The molecule has 2 aromatic heterocycles. The molecule has 0 atom stereocenters. The lowest BCUT2D eigenvalue weighted by molar-refractivity contribution is 0.779. The Morgan fingerprint density at radius 3 is 3.09 bits per heavy atom. The van der Waals surface area contributed by atoms with Crippen LogP contribution >= 0.6 is 0 Å². The highest BCUT2D eigenvalue weighted by molar-refractivity contribution is 5.76. The van der Waals surface area contributed by atoms with E-state index in [2.05, 4.69) is 10.1 Å². The molecule has 2 N–H and O–H groups in total. The number of anilines is 1. The van der Waals surface area contributed by atoms with Crippen molar-refractivity contribution in [2.24, 2.45) is 7.05 Å². The lowest BCUT2D eigenvalue weighted by Gasteiger charge is -1.88. The van der Waals surface area contributed by atoms with Crippen LogP contribution in [0.4, 0.5) is 5.69 Å². The molecular formula is C7H8N4. The highest BCUT2D eigenvalue weighted by atomic mass is 15.3. The zero-order valence-corrected chi connectivity index (χ0v) is 6.15. The van der Waals surface area contributed by atoms with E-state index in [4.69, 9.17) is 5.73 Å². The summed E-state index contributed by atoms with van der Waals surface area (Å²) < 4.78 is 1.72. The first kappa shape index (κ1) is 6.15. The maximum absolute atomic E-state index is 5.52. The van der Waals surface area contributed by atoms with Gasteiger partial charge in [0, 0.05) is 7.05 Å². The molecule has 0 saturated carbocycles. The number of aromatic nitrogens is 3. The molecule has 0 spiro atoms.